The molecule has 1 aromatic carbocycles. The molecular weight excluding hydrogens is 268 g/mol. The SMILES string of the molecule is COCCCN(C)c1c(C(N)=NO)cnc2ccccc12. The molecule has 0 aliphatic carbocycles. The van der Waals surface area contributed by atoms with Crippen LogP contribution >= 0.6 is 0 Å². The van der Waals surface area contributed by atoms with Crippen LogP contribution in [0.5, 0.6) is 0 Å². The van der Waals surface area contributed by atoms with Crippen LogP contribution in [0.25, 0.3) is 10.9 Å². The van der Waals surface area contributed by atoms with E-state index >= 15 is 0 Å². The standard InChI is InChI=1S/C15H20N4O2/c1-19(8-5-9-21-2)14-11-6-3-4-7-13(11)17-10-12(14)15(16)18-20/h3-4,6-7,10,20H,5,8-9H2,1-2H3,(H2,16,18). The number of nitrogens with zero attached hydrogens (tertiary/aromatic N) is 3. The van der Waals surface area contributed by atoms with Crippen LogP contribution in [0.2, 0.25) is 0 Å². The van der Waals surface area contributed by atoms with E-state index in [0.717, 1.165) is 29.6 Å². The van der Waals surface area contributed by atoms with Crippen molar-refractivity contribution in [1.82, 2.24) is 4.98 Å². The number of amidine groups is 1. The van der Waals surface area contributed by atoms with Gasteiger partial charge in [0.2, 0.25) is 0 Å². The quantitative estimate of drug-likeness (QED) is 0.278. The number of fused-ring (bicyclic) bond motifs is 1. The highest BCUT2D eigenvalue weighted by atomic mass is 16.5. The zero-order valence-electron chi connectivity index (χ0n) is 12.3. The Morgan fingerprint density at radius 3 is 2.90 bits per heavy atom. The first-order valence-corrected chi connectivity index (χ1v) is 6.74. The molecule has 0 amide bonds. The maximum Gasteiger partial charge on any atom is 0.173 e. The first-order chi connectivity index (χ1) is 10.2. The molecule has 0 unspecified atom stereocenters. The van der Waals surface area contributed by atoms with Crippen LogP contribution in [0.4, 0.5) is 5.69 Å². The zero-order chi connectivity index (χ0) is 15.2. The van der Waals surface area contributed by atoms with Crippen molar-refractivity contribution in [2.45, 2.75) is 6.42 Å². The van der Waals surface area contributed by atoms with Crippen LogP contribution < -0.4 is 10.6 Å². The minimum atomic E-state index is 0.0573. The van der Waals surface area contributed by atoms with Crippen LogP contribution in [-0.4, -0.2) is 43.3 Å². The minimum Gasteiger partial charge on any atom is -0.409 e. The van der Waals surface area contributed by atoms with Gasteiger partial charge in [-0.2, -0.15) is 0 Å². The fourth-order valence-electron chi connectivity index (χ4n) is 2.34. The second kappa shape index (κ2) is 6.90. The summed E-state index contributed by atoms with van der Waals surface area (Å²) in [4.78, 5) is 6.45. The molecule has 6 heteroatoms. The van der Waals surface area contributed by atoms with Gasteiger partial charge in [0.05, 0.1) is 16.8 Å². The van der Waals surface area contributed by atoms with Gasteiger partial charge in [0.1, 0.15) is 0 Å². The van der Waals surface area contributed by atoms with Crippen molar-refractivity contribution < 1.29 is 9.94 Å². The Kier molecular flexibility index (Phi) is 4.94. The number of benzene rings is 1. The monoisotopic (exact) mass is 288 g/mol. The van der Waals surface area contributed by atoms with E-state index in [9.17, 15) is 0 Å². The van der Waals surface area contributed by atoms with Crippen LogP contribution in [0.15, 0.2) is 35.6 Å². The molecule has 2 aromatic rings. The van der Waals surface area contributed by atoms with Gasteiger partial charge in [0.25, 0.3) is 0 Å². The molecule has 0 fully saturated rings. The van der Waals surface area contributed by atoms with E-state index in [4.69, 9.17) is 15.7 Å². The molecule has 21 heavy (non-hydrogen) atoms. The lowest BCUT2D eigenvalue weighted by atomic mass is 10.1. The molecule has 0 saturated heterocycles. The van der Waals surface area contributed by atoms with Gasteiger partial charge in [-0.15, -0.1) is 0 Å². The first-order valence-electron chi connectivity index (χ1n) is 6.74. The number of rotatable bonds is 6. The molecule has 0 bridgehead atoms. The second-order valence-electron chi connectivity index (χ2n) is 4.79. The average Bonchev–Trinajstić information content (AvgIpc) is 2.53. The van der Waals surface area contributed by atoms with Crippen molar-refractivity contribution in [3.8, 4) is 0 Å². The number of ether oxygens (including phenoxy) is 1. The summed E-state index contributed by atoms with van der Waals surface area (Å²) in [6.45, 7) is 1.49. The molecule has 0 radical (unpaired) electrons. The van der Waals surface area contributed by atoms with Crippen LogP contribution in [0.1, 0.15) is 12.0 Å². The van der Waals surface area contributed by atoms with E-state index in [0.29, 0.717) is 12.2 Å². The fourth-order valence-corrected chi connectivity index (χ4v) is 2.34. The first kappa shape index (κ1) is 15.1. The number of aromatic nitrogens is 1. The third-order valence-corrected chi connectivity index (χ3v) is 3.35. The molecule has 0 spiro atoms. The Bertz CT molecular complexity index is 643. The van der Waals surface area contributed by atoms with E-state index < -0.39 is 0 Å². The van der Waals surface area contributed by atoms with Crippen molar-refractivity contribution >= 4 is 22.4 Å². The zero-order valence-corrected chi connectivity index (χ0v) is 12.3. The molecule has 3 N–H and O–H groups in total. The van der Waals surface area contributed by atoms with E-state index in [1.807, 2.05) is 31.3 Å². The van der Waals surface area contributed by atoms with E-state index in [1.165, 1.54) is 0 Å². The predicted molar refractivity (Wildman–Crippen MR) is 84.0 cm³/mol. The lowest BCUT2D eigenvalue weighted by Gasteiger charge is -2.23. The number of hydrogen-bond acceptors (Lipinski definition) is 5. The summed E-state index contributed by atoms with van der Waals surface area (Å²) in [5.74, 6) is 0.0573. The average molecular weight is 288 g/mol. The fraction of sp³-hybridized carbons (Fsp3) is 0.333. The largest absolute Gasteiger partial charge is 0.409 e. The summed E-state index contributed by atoms with van der Waals surface area (Å²) in [6.07, 6.45) is 2.53. The van der Waals surface area contributed by atoms with Gasteiger partial charge < -0.3 is 20.6 Å². The maximum absolute atomic E-state index is 8.98. The summed E-state index contributed by atoms with van der Waals surface area (Å²) in [6, 6.07) is 7.82. The molecule has 6 nitrogen and oxygen atoms in total. The van der Waals surface area contributed by atoms with E-state index in [-0.39, 0.29) is 5.84 Å². The van der Waals surface area contributed by atoms with Gasteiger partial charge in [-0.05, 0) is 12.5 Å². The molecule has 112 valence electrons. The third kappa shape index (κ3) is 3.22. The number of oxime groups is 1. The number of para-hydroxylation sites is 1. The Hall–Kier alpha value is -2.34. The van der Waals surface area contributed by atoms with Crippen LogP contribution in [0.3, 0.4) is 0 Å². The van der Waals surface area contributed by atoms with Gasteiger partial charge >= 0.3 is 0 Å². The maximum atomic E-state index is 8.98. The topological polar surface area (TPSA) is 84.0 Å². The van der Waals surface area contributed by atoms with Crippen molar-refractivity contribution in [1.29, 1.82) is 0 Å². The highest BCUT2D eigenvalue weighted by molar-refractivity contribution is 6.08. The van der Waals surface area contributed by atoms with Crippen molar-refractivity contribution in [3.63, 3.8) is 0 Å². The number of pyridine rings is 1. The Morgan fingerprint density at radius 1 is 1.43 bits per heavy atom. The number of nitrogens with two attached hydrogens (primary N) is 1. The van der Waals surface area contributed by atoms with Crippen molar-refractivity contribution in [2.75, 3.05) is 32.2 Å². The second-order valence-corrected chi connectivity index (χ2v) is 4.79. The summed E-state index contributed by atoms with van der Waals surface area (Å²) in [5.41, 5.74) is 8.19. The Balaban J connectivity index is 2.50. The van der Waals surface area contributed by atoms with Crippen LogP contribution in [0, 0.1) is 0 Å². The van der Waals surface area contributed by atoms with Gasteiger partial charge in [0, 0.05) is 38.9 Å². The highest BCUT2D eigenvalue weighted by Crippen LogP contribution is 2.28. The van der Waals surface area contributed by atoms with Crippen LogP contribution in [-0.2, 0) is 4.74 Å². The molecule has 1 heterocycles. The number of hydrogen-bond donors (Lipinski definition) is 2. The van der Waals surface area contributed by atoms with Gasteiger partial charge in [-0.3, -0.25) is 4.98 Å². The normalized spacial score (nSPS) is 11.8. The minimum absolute atomic E-state index is 0.0573. The molecule has 1 aromatic heterocycles. The lowest BCUT2D eigenvalue weighted by Crippen LogP contribution is -2.25. The molecular formula is C15H20N4O2. The van der Waals surface area contributed by atoms with E-state index in [2.05, 4.69) is 15.0 Å². The van der Waals surface area contributed by atoms with Gasteiger partial charge in [-0.25, -0.2) is 0 Å². The summed E-state index contributed by atoms with van der Waals surface area (Å²) < 4.78 is 5.09. The van der Waals surface area contributed by atoms with Gasteiger partial charge in [-0.1, -0.05) is 23.4 Å². The molecule has 0 saturated carbocycles. The van der Waals surface area contributed by atoms with Crippen molar-refractivity contribution in [2.24, 2.45) is 10.9 Å². The molecule has 2 rings (SSSR count). The summed E-state index contributed by atoms with van der Waals surface area (Å²) in [5, 5.41) is 13.1. The van der Waals surface area contributed by atoms with E-state index in [1.54, 1.807) is 13.3 Å². The smallest absolute Gasteiger partial charge is 0.173 e. The lowest BCUT2D eigenvalue weighted by molar-refractivity contribution is 0.196. The predicted octanol–water partition coefficient (Wildman–Crippen LogP) is 1.80. The number of anilines is 1. The van der Waals surface area contributed by atoms with Gasteiger partial charge in [0.15, 0.2) is 5.84 Å². The Morgan fingerprint density at radius 2 is 2.19 bits per heavy atom. The third-order valence-electron chi connectivity index (χ3n) is 3.35. The molecule has 0 aliphatic heterocycles. The highest BCUT2D eigenvalue weighted by Gasteiger charge is 2.15. The summed E-state index contributed by atoms with van der Waals surface area (Å²) in [7, 11) is 3.66. The summed E-state index contributed by atoms with van der Waals surface area (Å²) >= 11 is 0. The molecule has 0 atom stereocenters. The van der Waals surface area contributed by atoms with Crippen molar-refractivity contribution in [3.05, 3.63) is 36.0 Å². The Labute approximate surface area is 123 Å². The number of methoxy groups -OCH3 is 1. The molecule has 0 aliphatic rings.